The predicted molar refractivity (Wildman–Crippen MR) is 148 cm³/mol. The maximum absolute atomic E-state index is 12.0. The van der Waals surface area contributed by atoms with Gasteiger partial charge in [0.15, 0.2) is 0 Å². The van der Waals surface area contributed by atoms with Crippen LogP contribution < -0.4 is 11.1 Å². The third kappa shape index (κ3) is 10.8. The summed E-state index contributed by atoms with van der Waals surface area (Å²) in [6, 6.07) is 16.2. The van der Waals surface area contributed by atoms with Crippen molar-refractivity contribution in [3.05, 3.63) is 65.2 Å². The van der Waals surface area contributed by atoms with Crippen LogP contribution >= 0.6 is 0 Å². The van der Waals surface area contributed by atoms with E-state index in [1.165, 1.54) is 95.5 Å². The van der Waals surface area contributed by atoms with Crippen LogP contribution in [0.5, 0.6) is 0 Å². The molecule has 188 valence electrons. The third-order valence-electron chi connectivity index (χ3n) is 6.94. The summed E-state index contributed by atoms with van der Waals surface area (Å²) in [7, 11) is 0. The first-order chi connectivity index (χ1) is 16.6. The Labute approximate surface area is 208 Å². The van der Waals surface area contributed by atoms with E-state index in [-0.39, 0.29) is 11.8 Å². The summed E-state index contributed by atoms with van der Waals surface area (Å²) in [5.41, 5.74) is 9.51. The number of benzene rings is 2. The summed E-state index contributed by atoms with van der Waals surface area (Å²) in [6.45, 7) is 5.38. The van der Waals surface area contributed by atoms with Crippen molar-refractivity contribution >= 4 is 11.6 Å². The van der Waals surface area contributed by atoms with Crippen LogP contribution in [0.15, 0.2) is 48.5 Å². The summed E-state index contributed by atoms with van der Waals surface area (Å²) in [4.78, 5) is 12.0. The molecule has 0 aromatic heterocycles. The van der Waals surface area contributed by atoms with E-state index >= 15 is 0 Å². The minimum absolute atomic E-state index is 0.117. The van der Waals surface area contributed by atoms with Crippen molar-refractivity contribution in [2.24, 2.45) is 5.73 Å². The number of nitrogens with two attached hydrogens (primary N) is 1. The van der Waals surface area contributed by atoms with E-state index in [4.69, 9.17) is 5.73 Å². The highest BCUT2D eigenvalue weighted by molar-refractivity contribution is 5.95. The molecule has 3 heteroatoms. The number of anilines is 1. The Morgan fingerprint density at radius 1 is 0.765 bits per heavy atom. The third-order valence-corrected chi connectivity index (χ3v) is 6.94. The van der Waals surface area contributed by atoms with E-state index in [1.54, 1.807) is 0 Å². The Morgan fingerprint density at radius 2 is 1.29 bits per heavy atom. The van der Waals surface area contributed by atoms with Crippen molar-refractivity contribution in [3.8, 4) is 0 Å². The molecule has 0 saturated carbocycles. The molecule has 0 aliphatic rings. The van der Waals surface area contributed by atoms with Gasteiger partial charge in [0.25, 0.3) is 0 Å². The van der Waals surface area contributed by atoms with Gasteiger partial charge in [-0.25, -0.2) is 0 Å². The lowest BCUT2D eigenvalue weighted by Gasteiger charge is -2.17. The molecule has 0 aliphatic carbocycles. The fourth-order valence-electron chi connectivity index (χ4n) is 4.73. The Bertz CT molecular complexity index is 802. The van der Waals surface area contributed by atoms with E-state index in [0.29, 0.717) is 5.56 Å². The Balaban J connectivity index is 1.61. The van der Waals surface area contributed by atoms with Crippen molar-refractivity contribution < 1.29 is 4.79 Å². The number of amides is 1. The molecule has 0 heterocycles. The van der Waals surface area contributed by atoms with Crippen molar-refractivity contribution in [2.45, 2.75) is 110 Å². The van der Waals surface area contributed by atoms with Crippen LogP contribution in [0.3, 0.4) is 0 Å². The van der Waals surface area contributed by atoms with Gasteiger partial charge in [-0.15, -0.1) is 0 Å². The topological polar surface area (TPSA) is 55.1 Å². The molecule has 2 aromatic carbocycles. The second-order valence-electron chi connectivity index (χ2n) is 9.82. The molecule has 0 saturated heterocycles. The van der Waals surface area contributed by atoms with Crippen LogP contribution in [0.2, 0.25) is 0 Å². The first kappa shape index (κ1) is 28.0. The van der Waals surface area contributed by atoms with Gasteiger partial charge in [0.05, 0.1) is 0 Å². The Hall–Kier alpha value is -2.29. The van der Waals surface area contributed by atoms with E-state index in [9.17, 15) is 4.79 Å². The maximum atomic E-state index is 12.0. The van der Waals surface area contributed by atoms with Gasteiger partial charge in [-0.3, -0.25) is 4.79 Å². The molecule has 1 amide bonds. The summed E-state index contributed by atoms with van der Waals surface area (Å²) in [5, 5.41) is 3.55. The predicted octanol–water partition coefficient (Wildman–Crippen LogP) is 8.83. The molecule has 2 rings (SSSR count). The second-order valence-corrected chi connectivity index (χ2v) is 9.82. The number of carbonyl (C=O) groups is 1. The summed E-state index contributed by atoms with van der Waals surface area (Å²) >= 11 is 0. The van der Waals surface area contributed by atoms with Crippen LogP contribution in [0.1, 0.15) is 131 Å². The van der Waals surface area contributed by atoms with E-state index < -0.39 is 0 Å². The zero-order chi connectivity index (χ0) is 24.4. The van der Waals surface area contributed by atoms with Crippen LogP contribution in [0.4, 0.5) is 5.69 Å². The molecule has 0 bridgehead atoms. The Morgan fingerprint density at radius 3 is 1.82 bits per heavy atom. The Kier molecular flexibility index (Phi) is 14.1. The van der Waals surface area contributed by atoms with E-state index in [1.807, 2.05) is 30.3 Å². The van der Waals surface area contributed by atoms with E-state index in [0.717, 1.165) is 17.8 Å². The normalized spacial score (nSPS) is 11.9. The number of nitrogens with one attached hydrogen (secondary N) is 1. The minimum atomic E-state index is -0.365. The number of primary amides is 1. The number of hydrogen-bond donors (Lipinski definition) is 2. The molecule has 0 aliphatic heterocycles. The van der Waals surface area contributed by atoms with Crippen LogP contribution in [-0.4, -0.2) is 12.5 Å². The quantitative estimate of drug-likeness (QED) is 0.204. The average molecular weight is 465 g/mol. The van der Waals surface area contributed by atoms with Crippen LogP contribution in [0, 0.1) is 0 Å². The molecule has 3 N–H and O–H groups in total. The highest BCUT2D eigenvalue weighted by Crippen LogP contribution is 2.29. The summed E-state index contributed by atoms with van der Waals surface area (Å²) < 4.78 is 0. The van der Waals surface area contributed by atoms with Gasteiger partial charge in [0.2, 0.25) is 5.91 Å². The van der Waals surface area contributed by atoms with E-state index in [2.05, 4.69) is 37.4 Å². The highest BCUT2D eigenvalue weighted by Gasteiger charge is 2.16. The molecule has 1 unspecified atom stereocenters. The fraction of sp³-hybridized carbons (Fsp3) is 0.581. The van der Waals surface area contributed by atoms with Crippen molar-refractivity contribution in [1.82, 2.24) is 0 Å². The molecule has 34 heavy (non-hydrogen) atoms. The average Bonchev–Trinajstić information content (AvgIpc) is 2.86. The molecular weight excluding hydrogens is 416 g/mol. The van der Waals surface area contributed by atoms with Gasteiger partial charge in [0.1, 0.15) is 0 Å². The first-order valence-electron chi connectivity index (χ1n) is 13.9. The van der Waals surface area contributed by atoms with Crippen LogP contribution in [-0.2, 0) is 0 Å². The number of unbranched alkanes of at least 4 members (excludes halogenated alkanes) is 13. The number of carbonyl (C=O) groups excluding carboxylic acids is 1. The second kappa shape index (κ2) is 17.2. The molecule has 0 radical (unpaired) electrons. The molecular formula is C31H48N2O. The smallest absolute Gasteiger partial charge is 0.249 e. The van der Waals surface area contributed by atoms with Gasteiger partial charge in [0, 0.05) is 23.7 Å². The van der Waals surface area contributed by atoms with Gasteiger partial charge < -0.3 is 11.1 Å². The number of hydrogen-bond acceptors (Lipinski definition) is 2. The van der Waals surface area contributed by atoms with Gasteiger partial charge in [-0.05, 0) is 35.7 Å². The lowest BCUT2D eigenvalue weighted by Crippen LogP contribution is -2.16. The number of rotatable bonds is 19. The van der Waals surface area contributed by atoms with Crippen molar-refractivity contribution in [3.63, 3.8) is 0 Å². The SMILES string of the molecule is CCCCCCCCCCCCCCCCNc1ccc(C(N)=O)c(C(C)c2ccccc2)c1. The van der Waals surface area contributed by atoms with Crippen molar-refractivity contribution in [2.75, 3.05) is 11.9 Å². The maximum Gasteiger partial charge on any atom is 0.249 e. The highest BCUT2D eigenvalue weighted by atomic mass is 16.1. The van der Waals surface area contributed by atoms with Crippen molar-refractivity contribution in [1.29, 1.82) is 0 Å². The summed E-state index contributed by atoms with van der Waals surface area (Å²) in [6.07, 6.45) is 19.3. The lowest BCUT2D eigenvalue weighted by molar-refractivity contribution is 0.0999. The van der Waals surface area contributed by atoms with Gasteiger partial charge in [-0.2, -0.15) is 0 Å². The summed E-state index contributed by atoms with van der Waals surface area (Å²) in [5.74, 6) is -0.247. The largest absolute Gasteiger partial charge is 0.385 e. The monoisotopic (exact) mass is 464 g/mol. The molecule has 0 spiro atoms. The lowest BCUT2D eigenvalue weighted by atomic mass is 9.89. The minimum Gasteiger partial charge on any atom is -0.385 e. The molecule has 3 nitrogen and oxygen atoms in total. The van der Waals surface area contributed by atoms with Crippen LogP contribution in [0.25, 0.3) is 0 Å². The fourth-order valence-corrected chi connectivity index (χ4v) is 4.73. The zero-order valence-corrected chi connectivity index (χ0v) is 21.8. The van der Waals surface area contributed by atoms with Gasteiger partial charge in [-0.1, -0.05) is 128 Å². The van der Waals surface area contributed by atoms with Gasteiger partial charge >= 0.3 is 0 Å². The first-order valence-corrected chi connectivity index (χ1v) is 13.9. The molecule has 0 fully saturated rings. The standard InChI is InChI=1S/C31H48N2O/c1-3-4-5-6-7-8-9-10-11-12-13-14-15-19-24-33-28-22-23-29(31(32)34)30(25-28)26(2)27-20-17-16-18-21-27/h16-18,20-23,25-26,33H,3-15,19,24H2,1-2H3,(H2,32,34). The molecule has 2 aromatic rings. The molecule has 1 atom stereocenters. The zero-order valence-electron chi connectivity index (χ0n) is 21.8.